The van der Waals surface area contributed by atoms with Gasteiger partial charge in [-0.1, -0.05) is 33.6 Å². The molecule has 0 aliphatic rings. The van der Waals surface area contributed by atoms with Crippen LogP contribution in [0.5, 0.6) is 0 Å². The molecule has 80 valence electrons. The highest BCUT2D eigenvalue weighted by molar-refractivity contribution is 9.10. The van der Waals surface area contributed by atoms with E-state index < -0.39 is 6.67 Å². The van der Waals surface area contributed by atoms with Gasteiger partial charge in [0.05, 0.1) is 6.67 Å². The Morgan fingerprint density at radius 1 is 1.50 bits per heavy atom. The van der Waals surface area contributed by atoms with Gasteiger partial charge < -0.3 is 5.73 Å². The molecular formula is C9H11BrCl2FN. The molecule has 1 aromatic rings. The average molecular weight is 303 g/mol. The normalized spacial score (nSPS) is 12.0. The average Bonchev–Trinajstić information content (AvgIpc) is 2.04. The second-order valence-electron chi connectivity index (χ2n) is 2.75. The van der Waals surface area contributed by atoms with E-state index in [1.165, 1.54) is 0 Å². The molecule has 0 heterocycles. The van der Waals surface area contributed by atoms with E-state index in [0.29, 0.717) is 11.4 Å². The van der Waals surface area contributed by atoms with E-state index in [2.05, 4.69) is 15.9 Å². The number of rotatable bonds is 3. The lowest BCUT2D eigenvalue weighted by atomic mass is 10.1. The van der Waals surface area contributed by atoms with Crippen molar-refractivity contribution in [1.82, 2.24) is 0 Å². The predicted octanol–water partition coefficient (Wildman–Crippen LogP) is 3.88. The van der Waals surface area contributed by atoms with Crippen molar-refractivity contribution in [3.63, 3.8) is 0 Å². The molecule has 1 aromatic carbocycles. The number of halogens is 4. The van der Waals surface area contributed by atoms with Gasteiger partial charge in [-0.15, -0.1) is 12.4 Å². The van der Waals surface area contributed by atoms with Gasteiger partial charge in [-0.3, -0.25) is 4.39 Å². The highest BCUT2D eigenvalue weighted by Crippen LogP contribution is 2.26. The van der Waals surface area contributed by atoms with E-state index in [-0.39, 0.29) is 18.4 Å². The van der Waals surface area contributed by atoms with Crippen molar-refractivity contribution in [2.45, 2.75) is 12.5 Å². The van der Waals surface area contributed by atoms with E-state index in [1.54, 1.807) is 6.07 Å². The molecule has 1 nitrogen and oxygen atoms in total. The molecule has 14 heavy (non-hydrogen) atoms. The first kappa shape index (κ1) is 14.2. The SMILES string of the molecule is Cl.N[C@H](CCF)c1ccc(Br)cc1Cl. The Hall–Kier alpha value is 0.170. The van der Waals surface area contributed by atoms with Gasteiger partial charge in [0.15, 0.2) is 0 Å². The first-order valence-corrected chi connectivity index (χ1v) is 5.08. The molecule has 0 unspecified atom stereocenters. The van der Waals surface area contributed by atoms with Gasteiger partial charge in [0.25, 0.3) is 0 Å². The lowest BCUT2D eigenvalue weighted by Gasteiger charge is -2.11. The van der Waals surface area contributed by atoms with Crippen molar-refractivity contribution < 1.29 is 4.39 Å². The smallest absolute Gasteiger partial charge is 0.0912 e. The van der Waals surface area contributed by atoms with E-state index in [4.69, 9.17) is 17.3 Å². The van der Waals surface area contributed by atoms with Crippen LogP contribution in [-0.4, -0.2) is 6.67 Å². The van der Waals surface area contributed by atoms with Crippen LogP contribution >= 0.6 is 39.9 Å². The number of alkyl halides is 1. The zero-order valence-corrected chi connectivity index (χ0v) is 10.5. The summed E-state index contributed by atoms with van der Waals surface area (Å²) >= 11 is 9.21. The first-order valence-electron chi connectivity index (χ1n) is 3.91. The maximum absolute atomic E-state index is 12.0. The Labute approximate surface area is 102 Å². The van der Waals surface area contributed by atoms with E-state index >= 15 is 0 Å². The fraction of sp³-hybridized carbons (Fsp3) is 0.333. The van der Waals surface area contributed by atoms with Crippen LogP contribution in [-0.2, 0) is 0 Å². The monoisotopic (exact) mass is 301 g/mol. The minimum atomic E-state index is -0.423. The molecular weight excluding hydrogens is 292 g/mol. The van der Waals surface area contributed by atoms with E-state index in [0.717, 1.165) is 10.0 Å². The second-order valence-corrected chi connectivity index (χ2v) is 4.07. The van der Waals surface area contributed by atoms with Crippen LogP contribution in [0.15, 0.2) is 22.7 Å². The highest BCUT2D eigenvalue weighted by Gasteiger charge is 2.09. The van der Waals surface area contributed by atoms with Gasteiger partial charge >= 0.3 is 0 Å². The summed E-state index contributed by atoms with van der Waals surface area (Å²) in [5, 5.41) is 0.579. The van der Waals surface area contributed by atoms with Gasteiger partial charge in [-0.05, 0) is 24.1 Å². The molecule has 0 aliphatic carbocycles. The Morgan fingerprint density at radius 2 is 2.14 bits per heavy atom. The number of hydrogen-bond acceptors (Lipinski definition) is 1. The molecule has 2 N–H and O–H groups in total. The largest absolute Gasteiger partial charge is 0.324 e. The lowest BCUT2D eigenvalue weighted by Crippen LogP contribution is -2.11. The molecule has 1 atom stereocenters. The number of hydrogen-bond donors (Lipinski definition) is 1. The predicted molar refractivity (Wildman–Crippen MR) is 63.9 cm³/mol. The fourth-order valence-electron chi connectivity index (χ4n) is 1.08. The second kappa shape index (κ2) is 6.62. The lowest BCUT2D eigenvalue weighted by molar-refractivity contribution is 0.442. The van der Waals surface area contributed by atoms with Crippen molar-refractivity contribution in [2.75, 3.05) is 6.67 Å². The maximum Gasteiger partial charge on any atom is 0.0912 e. The van der Waals surface area contributed by atoms with Gasteiger partial charge in [-0.2, -0.15) is 0 Å². The first-order chi connectivity index (χ1) is 6.15. The molecule has 0 saturated carbocycles. The van der Waals surface area contributed by atoms with E-state index in [9.17, 15) is 4.39 Å². The third-order valence-electron chi connectivity index (χ3n) is 1.78. The third kappa shape index (κ3) is 3.73. The summed E-state index contributed by atoms with van der Waals surface area (Å²) in [4.78, 5) is 0. The van der Waals surface area contributed by atoms with Crippen molar-refractivity contribution >= 4 is 39.9 Å². The topological polar surface area (TPSA) is 26.0 Å². The summed E-state index contributed by atoms with van der Waals surface area (Å²) in [6, 6.07) is 5.10. The molecule has 0 bridgehead atoms. The van der Waals surface area contributed by atoms with Crippen LogP contribution < -0.4 is 5.73 Å². The molecule has 0 aliphatic heterocycles. The molecule has 0 spiro atoms. The van der Waals surface area contributed by atoms with Crippen LogP contribution in [0.4, 0.5) is 4.39 Å². The summed E-state index contributed by atoms with van der Waals surface area (Å²) in [6.45, 7) is -0.423. The Balaban J connectivity index is 0.00000169. The molecule has 1 rings (SSSR count). The fourth-order valence-corrected chi connectivity index (χ4v) is 1.89. The Morgan fingerprint density at radius 3 is 2.64 bits per heavy atom. The van der Waals surface area contributed by atoms with Gasteiger partial charge in [0, 0.05) is 15.5 Å². The Bertz CT molecular complexity index is 296. The summed E-state index contributed by atoms with van der Waals surface area (Å²) in [6.07, 6.45) is 0.307. The van der Waals surface area contributed by atoms with Crippen molar-refractivity contribution in [3.8, 4) is 0 Å². The maximum atomic E-state index is 12.0. The molecule has 0 saturated heterocycles. The van der Waals surface area contributed by atoms with Gasteiger partial charge in [-0.25, -0.2) is 0 Å². The quantitative estimate of drug-likeness (QED) is 0.901. The van der Waals surface area contributed by atoms with Crippen LogP contribution in [0.2, 0.25) is 5.02 Å². The third-order valence-corrected chi connectivity index (χ3v) is 2.60. The number of nitrogens with two attached hydrogens (primary N) is 1. The molecule has 5 heteroatoms. The summed E-state index contributed by atoms with van der Waals surface area (Å²) < 4.78 is 12.9. The molecule has 0 fully saturated rings. The van der Waals surface area contributed by atoms with Crippen molar-refractivity contribution in [2.24, 2.45) is 5.73 Å². The minimum Gasteiger partial charge on any atom is -0.324 e. The summed E-state index contributed by atoms with van der Waals surface area (Å²) in [5.41, 5.74) is 6.51. The van der Waals surface area contributed by atoms with Crippen molar-refractivity contribution in [3.05, 3.63) is 33.3 Å². The van der Waals surface area contributed by atoms with Crippen molar-refractivity contribution in [1.29, 1.82) is 0 Å². The summed E-state index contributed by atoms with van der Waals surface area (Å²) in [7, 11) is 0. The van der Waals surface area contributed by atoms with Gasteiger partial charge in [0.1, 0.15) is 0 Å². The molecule has 0 amide bonds. The minimum absolute atomic E-state index is 0. The van der Waals surface area contributed by atoms with E-state index in [1.807, 2.05) is 12.1 Å². The van der Waals surface area contributed by atoms with Gasteiger partial charge in [0.2, 0.25) is 0 Å². The number of benzene rings is 1. The standard InChI is InChI=1S/C9H10BrClFN.ClH/c10-6-1-2-7(8(11)5-6)9(13)3-4-12;/h1-2,5,9H,3-4,13H2;1H/t9-;/m1./s1. The van der Waals surface area contributed by atoms with Crippen LogP contribution in [0, 0.1) is 0 Å². The van der Waals surface area contributed by atoms with Crippen LogP contribution in [0.1, 0.15) is 18.0 Å². The Kier molecular flexibility index (Phi) is 6.70. The summed E-state index contributed by atoms with van der Waals surface area (Å²) in [5.74, 6) is 0. The van der Waals surface area contributed by atoms with Crippen LogP contribution in [0.25, 0.3) is 0 Å². The zero-order chi connectivity index (χ0) is 9.84. The van der Waals surface area contributed by atoms with Crippen LogP contribution in [0.3, 0.4) is 0 Å². The molecule has 0 aromatic heterocycles. The zero-order valence-electron chi connectivity index (χ0n) is 7.34. The molecule has 0 radical (unpaired) electrons. The highest BCUT2D eigenvalue weighted by atomic mass is 79.9.